The highest BCUT2D eigenvalue weighted by atomic mass is 16.7. The van der Waals surface area contributed by atoms with Gasteiger partial charge in [0.15, 0.2) is 17.3 Å². The molecule has 9 heteroatoms. The Labute approximate surface area is 139 Å². The van der Waals surface area contributed by atoms with Crippen LogP contribution in [-0.4, -0.2) is 29.0 Å². The van der Waals surface area contributed by atoms with E-state index < -0.39 is 17.4 Å². The second-order valence-electron chi connectivity index (χ2n) is 5.55. The maximum Gasteiger partial charge on any atom is 0.262 e. The molecule has 25 heavy (non-hydrogen) atoms. The van der Waals surface area contributed by atoms with E-state index in [1.807, 2.05) is 0 Å². The van der Waals surface area contributed by atoms with Crippen molar-refractivity contribution in [1.29, 1.82) is 0 Å². The number of carbonyl (C=O) groups excluding carboxylic acids is 3. The van der Waals surface area contributed by atoms with Crippen molar-refractivity contribution in [1.82, 2.24) is 9.88 Å². The Kier molecular flexibility index (Phi) is 2.95. The number of nitrogens with two attached hydrogens (primary N) is 1. The normalized spacial score (nSPS) is 14.4. The Balaban J connectivity index is 2.06. The lowest BCUT2D eigenvalue weighted by Gasteiger charge is -2.15. The fraction of sp³-hybridized carbons (Fsp3) is 0.125. The van der Waals surface area contributed by atoms with Gasteiger partial charge in [-0.15, -0.1) is 0 Å². The zero-order valence-corrected chi connectivity index (χ0v) is 12.9. The van der Waals surface area contributed by atoms with Gasteiger partial charge < -0.3 is 15.2 Å². The van der Waals surface area contributed by atoms with Crippen molar-refractivity contribution in [3.8, 4) is 17.2 Å². The smallest absolute Gasteiger partial charge is 0.262 e. The zero-order valence-electron chi connectivity index (χ0n) is 12.9. The van der Waals surface area contributed by atoms with Crippen molar-refractivity contribution >= 4 is 23.4 Å². The van der Waals surface area contributed by atoms with Gasteiger partial charge in [-0.2, -0.15) is 0 Å². The summed E-state index contributed by atoms with van der Waals surface area (Å²) in [5.41, 5.74) is 5.48. The molecule has 126 valence electrons. The van der Waals surface area contributed by atoms with Gasteiger partial charge in [0.25, 0.3) is 17.4 Å². The van der Waals surface area contributed by atoms with Crippen LogP contribution >= 0.6 is 0 Å². The Hall–Kier alpha value is -3.62. The molecule has 1 aromatic heterocycles. The molecule has 0 radical (unpaired) electrons. The number of amides is 2. The molecule has 2 aliphatic heterocycles. The first-order valence-electron chi connectivity index (χ1n) is 7.24. The predicted molar refractivity (Wildman–Crippen MR) is 84.4 cm³/mol. The van der Waals surface area contributed by atoms with E-state index in [0.717, 1.165) is 10.6 Å². The van der Waals surface area contributed by atoms with Gasteiger partial charge in [0.05, 0.1) is 16.8 Å². The fourth-order valence-electron chi connectivity index (χ4n) is 2.93. The van der Waals surface area contributed by atoms with E-state index in [1.165, 1.54) is 19.1 Å². The van der Waals surface area contributed by atoms with Crippen LogP contribution in [0.3, 0.4) is 0 Å². The highest BCUT2D eigenvalue weighted by molar-refractivity contribution is 6.23. The number of rotatable bonds is 2. The van der Waals surface area contributed by atoms with E-state index >= 15 is 0 Å². The van der Waals surface area contributed by atoms with E-state index in [-0.39, 0.29) is 40.8 Å². The van der Waals surface area contributed by atoms with Crippen molar-refractivity contribution in [2.45, 2.75) is 6.92 Å². The van der Waals surface area contributed by atoms with Crippen LogP contribution in [0.5, 0.6) is 11.5 Å². The molecule has 1 aromatic carbocycles. The number of benzene rings is 1. The minimum Gasteiger partial charge on any atom is -0.454 e. The van der Waals surface area contributed by atoms with E-state index in [1.54, 1.807) is 0 Å². The summed E-state index contributed by atoms with van der Waals surface area (Å²) < 4.78 is 11.5. The highest BCUT2D eigenvalue weighted by Gasteiger charge is 2.33. The molecule has 3 N–H and O–H groups in total. The van der Waals surface area contributed by atoms with Crippen molar-refractivity contribution in [2.75, 3.05) is 12.5 Å². The molecule has 0 saturated heterocycles. The number of nitrogens with zero attached hydrogens (tertiary/aromatic N) is 1. The number of ketones is 1. The van der Waals surface area contributed by atoms with Gasteiger partial charge in [0, 0.05) is 17.7 Å². The van der Waals surface area contributed by atoms with Gasteiger partial charge in [-0.05, 0) is 13.0 Å². The number of hydrogen-bond acceptors (Lipinski definition) is 7. The van der Waals surface area contributed by atoms with Crippen molar-refractivity contribution in [3.63, 3.8) is 0 Å². The summed E-state index contributed by atoms with van der Waals surface area (Å²) in [4.78, 5) is 48.3. The van der Waals surface area contributed by atoms with Gasteiger partial charge >= 0.3 is 0 Å². The molecule has 0 unspecified atom stereocenters. The first kappa shape index (κ1) is 14.9. The molecule has 3 heterocycles. The number of Topliss-reactive ketones (excluding diaryl/α,β-unsaturated/α-hetero) is 1. The number of imide groups is 1. The summed E-state index contributed by atoms with van der Waals surface area (Å²) in [5.74, 6) is -1.24. The van der Waals surface area contributed by atoms with Crippen LogP contribution in [-0.2, 0) is 0 Å². The maximum atomic E-state index is 12.5. The monoisotopic (exact) mass is 341 g/mol. The van der Waals surface area contributed by atoms with Crippen molar-refractivity contribution < 1.29 is 23.9 Å². The summed E-state index contributed by atoms with van der Waals surface area (Å²) in [5, 5.41) is 2.09. The fourth-order valence-corrected chi connectivity index (χ4v) is 2.93. The minimum atomic E-state index is -0.698. The average molecular weight is 341 g/mol. The standard InChI is InChI=1S/C16H11N3O6/c1-6(20)7-2-10-11(25-5-24-10)4-9(7)19-12(21)3-8-13(14(19)17)16(23)18-15(8)22/h2-4H,5,17H2,1H3,(H,18,22,23). The van der Waals surface area contributed by atoms with Crippen LogP contribution in [0.1, 0.15) is 38.0 Å². The predicted octanol–water partition coefficient (Wildman–Crippen LogP) is 0.235. The molecule has 2 amide bonds. The Morgan fingerprint density at radius 3 is 2.48 bits per heavy atom. The molecule has 2 aromatic rings. The summed E-state index contributed by atoms with van der Waals surface area (Å²) >= 11 is 0. The van der Waals surface area contributed by atoms with Gasteiger partial charge in [-0.3, -0.25) is 29.1 Å². The molecule has 0 atom stereocenters. The van der Waals surface area contributed by atoms with Gasteiger partial charge in [-0.25, -0.2) is 0 Å². The van der Waals surface area contributed by atoms with Crippen LogP contribution in [0.2, 0.25) is 0 Å². The van der Waals surface area contributed by atoms with Gasteiger partial charge in [0.1, 0.15) is 5.82 Å². The maximum absolute atomic E-state index is 12.5. The lowest BCUT2D eigenvalue weighted by molar-refractivity contribution is 0.0879. The number of nitrogen functional groups attached to an aromatic ring is 1. The number of ether oxygens (including phenoxy) is 2. The van der Waals surface area contributed by atoms with Crippen LogP contribution in [0, 0.1) is 0 Å². The average Bonchev–Trinajstić information content (AvgIpc) is 3.10. The largest absolute Gasteiger partial charge is 0.454 e. The molecule has 0 fully saturated rings. The van der Waals surface area contributed by atoms with Crippen LogP contribution in [0.4, 0.5) is 5.82 Å². The molecule has 4 rings (SSSR count). The van der Waals surface area contributed by atoms with E-state index in [4.69, 9.17) is 15.2 Å². The molecular weight excluding hydrogens is 330 g/mol. The second-order valence-corrected chi connectivity index (χ2v) is 5.55. The van der Waals surface area contributed by atoms with Gasteiger partial charge in [0.2, 0.25) is 6.79 Å². The summed E-state index contributed by atoms with van der Waals surface area (Å²) in [6, 6.07) is 3.91. The number of aromatic nitrogens is 1. The van der Waals surface area contributed by atoms with Crippen LogP contribution in [0.15, 0.2) is 23.0 Å². The third-order valence-corrected chi connectivity index (χ3v) is 4.06. The lowest BCUT2D eigenvalue weighted by Crippen LogP contribution is -2.25. The summed E-state index contributed by atoms with van der Waals surface area (Å²) in [6.07, 6.45) is 0. The third kappa shape index (κ3) is 2.02. The Morgan fingerprint density at radius 1 is 1.12 bits per heavy atom. The van der Waals surface area contributed by atoms with E-state index in [0.29, 0.717) is 11.5 Å². The summed E-state index contributed by atoms with van der Waals surface area (Å²) in [6.45, 7) is 1.31. The number of hydrogen-bond donors (Lipinski definition) is 2. The Morgan fingerprint density at radius 2 is 1.80 bits per heavy atom. The number of pyridine rings is 1. The topological polar surface area (TPSA) is 130 Å². The second kappa shape index (κ2) is 4.94. The number of carbonyl (C=O) groups is 3. The van der Waals surface area contributed by atoms with Gasteiger partial charge in [-0.1, -0.05) is 0 Å². The van der Waals surface area contributed by atoms with E-state index in [2.05, 4.69) is 5.32 Å². The molecule has 0 spiro atoms. The third-order valence-electron chi connectivity index (χ3n) is 4.06. The number of nitrogens with one attached hydrogen (secondary N) is 1. The first-order valence-corrected chi connectivity index (χ1v) is 7.24. The van der Waals surface area contributed by atoms with E-state index in [9.17, 15) is 19.2 Å². The SMILES string of the molecule is CC(=O)c1cc2c(cc1-n1c(N)c3c(cc1=O)C(=O)NC3=O)OCO2. The lowest BCUT2D eigenvalue weighted by atomic mass is 10.1. The molecule has 9 nitrogen and oxygen atoms in total. The Bertz CT molecular complexity index is 1050. The quantitative estimate of drug-likeness (QED) is 0.591. The highest BCUT2D eigenvalue weighted by Crippen LogP contribution is 2.37. The molecular formula is C16H11N3O6. The molecule has 0 bridgehead atoms. The minimum absolute atomic E-state index is 0.0123. The molecule has 0 aliphatic carbocycles. The zero-order chi connectivity index (χ0) is 17.9. The van der Waals surface area contributed by atoms with Crippen molar-refractivity contribution in [2.24, 2.45) is 0 Å². The van der Waals surface area contributed by atoms with Crippen LogP contribution < -0.4 is 26.1 Å². The van der Waals surface area contributed by atoms with Crippen molar-refractivity contribution in [3.05, 3.63) is 45.2 Å². The number of anilines is 1. The van der Waals surface area contributed by atoms with Crippen LogP contribution in [0.25, 0.3) is 5.69 Å². The summed E-state index contributed by atoms with van der Waals surface area (Å²) in [7, 11) is 0. The number of fused-ring (bicyclic) bond motifs is 2. The first-order chi connectivity index (χ1) is 11.9. The molecule has 2 aliphatic rings. The molecule has 0 saturated carbocycles.